The van der Waals surface area contributed by atoms with Gasteiger partial charge < -0.3 is 14.9 Å². The summed E-state index contributed by atoms with van der Waals surface area (Å²) in [5, 5.41) is 16.0. The van der Waals surface area contributed by atoms with Gasteiger partial charge in [0, 0.05) is 15.6 Å². The van der Waals surface area contributed by atoms with Crippen LogP contribution in [0.1, 0.15) is 28.4 Å². The molecule has 2 aromatic carbocycles. The molecule has 0 spiro atoms. The molecule has 0 aliphatic carbocycles. The molecule has 1 atom stereocenters. The first kappa shape index (κ1) is 18.2. The van der Waals surface area contributed by atoms with Crippen LogP contribution in [0.5, 0.6) is 0 Å². The van der Waals surface area contributed by atoms with E-state index >= 15 is 0 Å². The third-order valence-electron chi connectivity index (χ3n) is 4.18. The SMILES string of the molecule is Cc1cccc(C[C@@H](NC(=O)O)c2c(C)noc2-c2ccc(Br)cc2)c1. The van der Waals surface area contributed by atoms with Crippen molar-refractivity contribution in [3.8, 4) is 11.3 Å². The normalized spacial score (nSPS) is 12.0. The molecular formula is C20H19BrN2O3. The lowest BCUT2D eigenvalue weighted by Crippen LogP contribution is -2.29. The Balaban J connectivity index is 2.02. The van der Waals surface area contributed by atoms with Crippen molar-refractivity contribution in [2.45, 2.75) is 26.3 Å². The molecule has 0 radical (unpaired) electrons. The van der Waals surface area contributed by atoms with E-state index in [4.69, 9.17) is 4.52 Å². The predicted octanol–water partition coefficient (Wildman–Crippen LogP) is 5.27. The van der Waals surface area contributed by atoms with Gasteiger partial charge in [0.15, 0.2) is 5.76 Å². The molecule has 0 fully saturated rings. The summed E-state index contributed by atoms with van der Waals surface area (Å²) in [6, 6.07) is 15.2. The Kier molecular flexibility index (Phi) is 5.42. The first-order valence-electron chi connectivity index (χ1n) is 8.21. The van der Waals surface area contributed by atoms with Crippen molar-refractivity contribution in [3.63, 3.8) is 0 Å². The van der Waals surface area contributed by atoms with Crippen molar-refractivity contribution in [2.75, 3.05) is 0 Å². The van der Waals surface area contributed by atoms with Crippen LogP contribution in [0.3, 0.4) is 0 Å². The first-order chi connectivity index (χ1) is 12.4. The van der Waals surface area contributed by atoms with E-state index in [-0.39, 0.29) is 0 Å². The van der Waals surface area contributed by atoms with Gasteiger partial charge in [0.25, 0.3) is 0 Å². The molecule has 0 bridgehead atoms. The largest absolute Gasteiger partial charge is 0.465 e. The topological polar surface area (TPSA) is 75.4 Å². The lowest BCUT2D eigenvalue weighted by molar-refractivity contribution is 0.190. The molecule has 0 aliphatic rings. The summed E-state index contributed by atoms with van der Waals surface area (Å²) in [7, 11) is 0. The highest BCUT2D eigenvalue weighted by Crippen LogP contribution is 2.33. The zero-order valence-electron chi connectivity index (χ0n) is 14.5. The van der Waals surface area contributed by atoms with Gasteiger partial charge in [-0.25, -0.2) is 4.79 Å². The van der Waals surface area contributed by atoms with E-state index in [1.165, 1.54) is 0 Å². The summed E-state index contributed by atoms with van der Waals surface area (Å²) in [5.41, 5.74) is 4.47. The number of nitrogens with one attached hydrogen (secondary N) is 1. The Morgan fingerprint density at radius 1 is 1.23 bits per heavy atom. The summed E-state index contributed by atoms with van der Waals surface area (Å²) in [6.45, 7) is 3.84. The molecule has 0 saturated carbocycles. The number of hydrogen-bond donors (Lipinski definition) is 2. The number of halogens is 1. The molecular weight excluding hydrogens is 396 g/mol. The molecule has 0 saturated heterocycles. The van der Waals surface area contributed by atoms with Gasteiger partial charge in [-0.05, 0) is 38.0 Å². The van der Waals surface area contributed by atoms with Crippen LogP contribution in [-0.4, -0.2) is 16.4 Å². The van der Waals surface area contributed by atoms with Crippen molar-refractivity contribution >= 4 is 22.0 Å². The minimum Gasteiger partial charge on any atom is -0.465 e. The maximum absolute atomic E-state index is 11.4. The summed E-state index contributed by atoms with van der Waals surface area (Å²) in [4.78, 5) is 11.4. The first-order valence-corrected chi connectivity index (χ1v) is 9.00. The van der Waals surface area contributed by atoms with Crippen LogP contribution in [0, 0.1) is 13.8 Å². The Labute approximate surface area is 160 Å². The third-order valence-corrected chi connectivity index (χ3v) is 4.71. The van der Waals surface area contributed by atoms with Crippen LogP contribution in [0.15, 0.2) is 57.5 Å². The number of carbonyl (C=O) groups is 1. The van der Waals surface area contributed by atoms with Gasteiger partial charge in [-0.15, -0.1) is 0 Å². The van der Waals surface area contributed by atoms with E-state index in [1.807, 2.05) is 56.3 Å². The fourth-order valence-corrected chi connectivity index (χ4v) is 3.31. The van der Waals surface area contributed by atoms with Crippen molar-refractivity contribution in [1.29, 1.82) is 0 Å². The minimum absolute atomic E-state index is 0.459. The molecule has 3 aromatic rings. The molecule has 134 valence electrons. The summed E-state index contributed by atoms with van der Waals surface area (Å²) >= 11 is 3.42. The van der Waals surface area contributed by atoms with Gasteiger partial charge in [0.1, 0.15) is 0 Å². The van der Waals surface area contributed by atoms with Crippen LogP contribution in [0.2, 0.25) is 0 Å². The fourth-order valence-electron chi connectivity index (χ4n) is 3.05. The highest BCUT2D eigenvalue weighted by molar-refractivity contribution is 9.10. The quantitative estimate of drug-likeness (QED) is 0.595. The van der Waals surface area contributed by atoms with E-state index < -0.39 is 12.1 Å². The highest BCUT2D eigenvalue weighted by Gasteiger charge is 2.25. The Morgan fingerprint density at radius 2 is 1.96 bits per heavy atom. The van der Waals surface area contributed by atoms with Crippen molar-refractivity contribution in [1.82, 2.24) is 10.5 Å². The van der Waals surface area contributed by atoms with Gasteiger partial charge in [0.2, 0.25) is 0 Å². The Bertz CT molecular complexity index is 919. The molecule has 1 heterocycles. The number of aryl methyl sites for hydroxylation is 2. The molecule has 2 N–H and O–H groups in total. The van der Waals surface area contributed by atoms with Gasteiger partial charge >= 0.3 is 6.09 Å². The fraction of sp³-hybridized carbons (Fsp3) is 0.200. The van der Waals surface area contributed by atoms with Crippen LogP contribution in [0.4, 0.5) is 4.79 Å². The van der Waals surface area contributed by atoms with Crippen LogP contribution in [0.25, 0.3) is 11.3 Å². The molecule has 0 unspecified atom stereocenters. The van der Waals surface area contributed by atoms with Crippen molar-refractivity contribution < 1.29 is 14.4 Å². The molecule has 1 aromatic heterocycles. The van der Waals surface area contributed by atoms with Gasteiger partial charge in [-0.3, -0.25) is 0 Å². The standard InChI is InChI=1S/C20H19BrN2O3/c1-12-4-3-5-14(10-12)11-17(22-20(24)25)18-13(2)23-26-19(18)15-6-8-16(21)9-7-15/h3-10,17,22H,11H2,1-2H3,(H,24,25)/t17-/m1/s1. The number of nitrogens with zero attached hydrogens (tertiary/aromatic N) is 1. The van der Waals surface area contributed by atoms with Crippen molar-refractivity contribution in [3.05, 3.63) is 75.4 Å². The van der Waals surface area contributed by atoms with E-state index in [0.29, 0.717) is 17.9 Å². The van der Waals surface area contributed by atoms with Crippen LogP contribution >= 0.6 is 15.9 Å². The average Bonchev–Trinajstić information content (AvgIpc) is 2.96. The maximum Gasteiger partial charge on any atom is 0.405 e. The summed E-state index contributed by atoms with van der Waals surface area (Å²) in [6.07, 6.45) is -0.565. The lowest BCUT2D eigenvalue weighted by Gasteiger charge is -2.18. The molecule has 3 rings (SSSR count). The van der Waals surface area contributed by atoms with E-state index in [2.05, 4.69) is 32.5 Å². The molecule has 5 nitrogen and oxygen atoms in total. The molecule has 0 aliphatic heterocycles. The summed E-state index contributed by atoms with van der Waals surface area (Å²) < 4.78 is 6.50. The van der Waals surface area contributed by atoms with E-state index in [0.717, 1.165) is 26.7 Å². The van der Waals surface area contributed by atoms with E-state index in [1.54, 1.807) is 0 Å². The Morgan fingerprint density at radius 3 is 2.62 bits per heavy atom. The lowest BCUT2D eigenvalue weighted by atomic mass is 9.94. The zero-order chi connectivity index (χ0) is 18.7. The Hall–Kier alpha value is -2.60. The number of amides is 1. The van der Waals surface area contributed by atoms with Crippen LogP contribution < -0.4 is 5.32 Å². The number of hydrogen-bond acceptors (Lipinski definition) is 3. The summed E-state index contributed by atoms with van der Waals surface area (Å²) in [5.74, 6) is 0.585. The smallest absolute Gasteiger partial charge is 0.405 e. The maximum atomic E-state index is 11.4. The molecule has 1 amide bonds. The number of carboxylic acid groups (broad SMARTS) is 1. The predicted molar refractivity (Wildman–Crippen MR) is 103 cm³/mol. The van der Waals surface area contributed by atoms with Gasteiger partial charge in [0.05, 0.1) is 11.7 Å². The second-order valence-corrected chi connectivity index (χ2v) is 7.13. The van der Waals surface area contributed by atoms with Gasteiger partial charge in [-0.2, -0.15) is 0 Å². The second-order valence-electron chi connectivity index (χ2n) is 6.21. The molecule has 26 heavy (non-hydrogen) atoms. The zero-order valence-corrected chi connectivity index (χ0v) is 16.1. The number of aromatic nitrogens is 1. The van der Waals surface area contributed by atoms with Gasteiger partial charge in [-0.1, -0.05) is 63.0 Å². The minimum atomic E-state index is -1.08. The third kappa shape index (κ3) is 4.14. The monoisotopic (exact) mass is 414 g/mol. The van der Waals surface area contributed by atoms with E-state index in [9.17, 15) is 9.90 Å². The molecule has 6 heteroatoms. The second kappa shape index (κ2) is 7.74. The highest BCUT2D eigenvalue weighted by atomic mass is 79.9. The van der Waals surface area contributed by atoms with Crippen LogP contribution in [-0.2, 0) is 6.42 Å². The average molecular weight is 415 g/mol. The number of rotatable bonds is 5. The van der Waals surface area contributed by atoms with Crippen molar-refractivity contribution in [2.24, 2.45) is 0 Å². The number of benzene rings is 2.